The van der Waals surface area contributed by atoms with E-state index >= 15 is 0 Å². The molecule has 204 valence electrons. The first-order chi connectivity index (χ1) is 18.7. The standard InChI is InChI=1S/C30H34IN5O3/c1-19(2)27(35-17-23-8-5-6-9-24(23)28(35)37)30(39)34-15-7-10-25(34)29(38)36(31)16-21-11-13-22(14-12-21)26-20(3)33(4)18-32-26/h5-6,8-9,11-14,18-19,25,27H,7,10,15-17H2,1-4H3/t25-,27?/m0/s1. The number of hydrogen-bond donors (Lipinski definition) is 0. The summed E-state index contributed by atoms with van der Waals surface area (Å²) in [6, 6.07) is 14.5. The molecule has 5 rings (SSSR count). The molecule has 2 atom stereocenters. The molecule has 0 bridgehead atoms. The van der Waals surface area contributed by atoms with E-state index in [1.165, 1.54) is 0 Å². The number of amides is 3. The molecule has 0 aliphatic carbocycles. The Hall–Kier alpha value is -3.21. The Morgan fingerprint density at radius 2 is 1.85 bits per heavy atom. The van der Waals surface area contributed by atoms with E-state index in [1.807, 2.05) is 80.9 Å². The monoisotopic (exact) mass is 639 g/mol. The summed E-state index contributed by atoms with van der Waals surface area (Å²) < 4.78 is 3.67. The summed E-state index contributed by atoms with van der Waals surface area (Å²) in [4.78, 5) is 48.6. The molecule has 1 aromatic heterocycles. The summed E-state index contributed by atoms with van der Waals surface area (Å²) in [5.74, 6) is -0.407. The number of likely N-dealkylation sites (tertiary alicyclic amines) is 1. The second-order valence-corrected chi connectivity index (χ2v) is 12.0. The van der Waals surface area contributed by atoms with E-state index in [1.54, 1.807) is 19.2 Å². The van der Waals surface area contributed by atoms with Crippen LogP contribution in [0.15, 0.2) is 54.9 Å². The first-order valence-corrected chi connectivity index (χ1v) is 14.4. The normalized spacial score (nSPS) is 17.6. The number of carbonyl (C=O) groups excluding carboxylic acids is 3. The van der Waals surface area contributed by atoms with Crippen LogP contribution < -0.4 is 0 Å². The summed E-state index contributed by atoms with van der Waals surface area (Å²) in [6.45, 7) is 7.35. The van der Waals surface area contributed by atoms with Crippen LogP contribution in [0.1, 0.15) is 53.9 Å². The molecule has 0 saturated carbocycles. The average molecular weight is 640 g/mol. The highest BCUT2D eigenvalue weighted by Gasteiger charge is 2.44. The highest BCUT2D eigenvalue weighted by Crippen LogP contribution is 2.31. The summed E-state index contributed by atoms with van der Waals surface area (Å²) in [7, 11) is 1.97. The predicted octanol–water partition coefficient (Wildman–Crippen LogP) is 4.75. The number of fused-ring (bicyclic) bond motifs is 1. The van der Waals surface area contributed by atoms with Crippen LogP contribution in [0.3, 0.4) is 0 Å². The van der Waals surface area contributed by atoms with Gasteiger partial charge in [-0.1, -0.05) is 56.3 Å². The first kappa shape index (κ1) is 27.4. The van der Waals surface area contributed by atoms with Crippen LogP contribution in [0.2, 0.25) is 0 Å². The molecule has 0 spiro atoms. The van der Waals surface area contributed by atoms with Crippen LogP contribution >= 0.6 is 22.9 Å². The van der Waals surface area contributed by atoms with Crippen molar-refractivity contribution < 1.29 is 14.4 Å². The van der Waals surface area contributed by atoms with E-state index in [0.29, 0.717) is 31.6 Å². The van der Waals surface area contributed by atoms with Gasteiger partial charge in [0.15, 0.2) is 0 Å². The molecule has 2 aliphatic rings. The minimum Gasteiger partial charge on any atom is -0.337 e. The predicted molar refractivity (Wildman–Crippen MR) is 158 cm³/mol. The van der Waals surface area contributed by atoms with Crippen molar-refractivity contribution in [2.75, 3.05) is 6.54 Å². The van der Waals surface area contributed by atoms with Gasteiger partial charge in [-0.25, -0.2) is 4.98 Å². The van der Waals surface area contributed by atoms with Crippen molar-refractivity contribution in [3.8, 4) is 11.3 Å². The maximum Gasteiger partial charge on any atom is 0.255 e. The van der Waals surface area contributed by atoms with Crippen molar-refractivity contribution in [3.63, 3.8) is 0 Å². The van der Waals surface area contributed by atoms with Gasteiger partial charge in [-0.15, -0.1) is 0 Å². The third-order valence-corrected chi connectivity index (χ3v) is 8.73. The number of imidazole rings is 1. The number of aromatic nitrogens is 2. The largest absolute Gasteiger partial charge is 0.337 e. The molecular formula is C30H34IN5O3. The van der Waals surface area contributed by atoms with Gasteiger partial charge in [-0.3, -0.25) is 17.5 Å². The molecular weight excluding hydrogens is 605 g/mol. The Bertz CT molecular complexity index is 1400. The highest BCUT2D eigenvalue weighted by atomic mass is 127. The number of benzene rings is 2. The van der Waals surface area contributed by atoms with Gasteiger partial charge in [0.05, 0.1) is 41.4 Å². The van der Waals surface area contributed by atoms with Crippen molar-refractivity contribution in [1.29, 1.82) is 0 Å². The molecule has 1 fully saturated rings. The van der Waals surface area contributed by atoms with E-state index in [-0.39, 0.29) is 23.6 Å². The van der Waals surface area contributed by atoms with Gasteiger partial charge in [0.25, 0.3) is 11.8 Å². The Morgan fingerprint density at radius 1 is 1.13 bits per heavy atom. The van der Waals surface area contributed by atoms with Crippen LogP contribution in [0.5, 0.6) is 0 Å². The lowest BCUT2D eigenvalue weighted by atomic mass is 10.0. The van der Waals surface area contributed by atoms with Crippen molar-refractivity contribution >= 4 is 40.6 Å². The van der Waals surface area contributed by atoms with Gasteiger partial charge < -0.3 is 14.4 Å². The number of hydrogen-bond acceptors (Lipinski definition) is 4. The maximum atomic E-state index is 13.9. The molecule has 1 saturated heterocycles. The SMILES string of the molecule is Cc1c(-c2ccc(CN(I)C(=O)[C@@H]3CCCN3C(=O)C(C(C)C)N3Cc4ccccc4C3=O)cc2)ncn1C. The molecule has 1 unspecified atom stereocenters. The Kier molecular flexibility index (Phi) is 7.80. The Balaban J connectivity index is 1.28. The van der Waals surface area contributed by atoms with Gasteiger partial charge in [0, 0.05) is 37.0 Å². The molecule has 3 amide bonds. The molecule has 2 aromatic carbocycles. The van der Waals surface area contributed by atoms with Crippen LogP contribution in [-0.2, 0) is 29.7 Å². The zero-order valence-corrected chi connectivity index (χ0v) is 25.0. The minimum absolute atomic E-state index is 0.0790. The smallest absolute Gasteiger partial charge is 0.255 e. The molecule has 3 aromatic rings. The summed E-state index contributed by atoms with van der Waals surface area (Å²) in [5.41, 5.74) is 5.69. The van der Waals surface area contributed by atoms with Crippen LogP contribution in [0.4, 0.5) is 0 Å². The molecule has 0 N–H and O–H groups in total. The Labute approximate surface area is 243 Å². The molecule has 2 aliphatic heterocycles. The van der Waals surface area contributed by atoms with Gasteiger partial charge in [-0.05, 0) is 42.9 Å². The number of aryl methyl sites for hydroxylation is 1. The second-order valence-electron chi connectivity index (χ2n) is 10.8. The van der Waals surface area contributed by atoms with E-state index in [2.05, 4.69) is 27.8 Å². The van der Waals surface area contributed by atoms with Crippen LogP contribution in [-0.4, -0.2) is 58.8 Å². The lowest BCUT2D eigenvalue weighted by Gasteiger charge is -2.35. The molecule has 9 heteroatoms. The fraction of sp³-hybridized carbons (Fsp3) is 0.400. The second kappa shape index (κ2) is 11.1. The lowest BCUT2D eigenvalue weighted by molar-refractivity contribution is -0.144. The number of halogens is 1. The van der Waals surface area contributed by atoms with E-state index in [4.69, 9.17) is 0 Å². The fourth-order valence-electron chi connectivity index (χ4n) is 5.68. The molecule has 0 radical (unpaired) electrons. The van der Waals surface area contributed by atoms with Gasteiger partial charge in [-0.2, -0.15) is 0 Å². The molecule has 3 heterocycles. The Morgan fingerprint density at radius 3 is 2.49 bits per heavy atom. The van der Waals surface area contributed by atoms with Crippen molar-refractivity contribution in [1.82, 2.24) is 22.5 Å². The maximum absolute atomic E-state index is 13.9. The van der Waals surface area contributed by atoms with E-state index in [0.717, 1.165) is 34.5 Å². The summed E-state index contributed by atoms with van der Waals surface area (Å²) >= 11 is 2.06. The zero-order valence-electron chi connectivity index (χ0n) is 22.8. The van der Waals surface area contributed by atoms with Gasteiger partial charge in [0.1, 0.15) is 12.1 Å². The first-order valence-electron chi connectivity index (χ1n) is 13.4. The van der Waals surface area contributed by atoms with Crippen molar-refractivity contribution in [2.45, 2.75) is 58.8 Å². The molecule has 8 nitrogen and oxygen atoms in total. The van der Waals surface area contributed by atoms with Gasteiger partial charge >= 0.3 is 0 Å². The topological polar surface area (TPSA) is 78.8 Å². The van der Waals surface area contributed by atoms with E-state index < -0.39 is 12.1 Å². The lowest BCUT2D eigenvalue weighted by Crippen LogP contribution is -2.55. The minimum atomic E-state index is -0.608. The average Bonchev–Trinajstić information content (AvgIpc) is 3.63. The number of rotatable bonds is 7. The van der Waals surface area contributed by atoms with Gasteiger partial charge in [0.2, 0.25) is 5.91 Å². The summed E-state index contributed by atoms with van der Waals surface area (Å²) in [6.07, 6.45) is 3.20. The zero-order chi connectivity index (χ0) is 27.8. The third kappa shape index (κ3) is 5.20. The molecule has 39 heavy (non-hydrogen) atoms. The van der Waals surface area contributed by atoms with Crippen LogP contribution in [0.25, 0.3) is 11.3 Å². The van der Waals surface area contributed by atoms with Crippen molar-refractivity contribution in [2.24, 2.45) is 13.0 Å². The van der Waals surface area contributed by atoms with Crippen LogP contribution in [0, 0.1) is 12.8 Å². The number of nitrogens with zero attached hydrogens (tertiary/aromatic N) is 5. The van der Waals surface area contributed by atoms with E-state index in [9.17, 15) is 14.4 Å². The number of carbonyl (C=O) groups is 3. The van der Waals surface area contributed by atoms with Crippen molar-refractivity contribution in [3.05, 3.63) is 77.2 Å². The third-order valence-electron chi connectivity index (χ3n) is 7.91. The fourth-order valence-corrected chi connectivity index (χ4v) is 6.40. The highest BCUT2D eigenvalue weighted by molar-refractivity contribution is 14.1. The quantitative estimate of drug-likeness (QED) is 0.277. The summed E-state index contributed by atoms with van der Waals surface area (Å²) in [5, 5.41) is 0.